The van der Waals surface area contributed by atoms with Crippen LogP contribution in [0.15, 0.2) is 18.6 Å². The topological polar surface area (TPSA) is 56.7 Å². The number of rotatable bonds is 1. The molecule has 62 valence electrons. The lowest BCUT2D eigenvalue weighted by Gasteiger charge is -1.96. The maximum absolute atomic E-state index is 5.56. The molecular formula is C7H8N4S. The maximum atomic E-state index is 5.56. The van der Waals surface area contributed by atoms with Gasteiger partial charge in [0.2, 0.25) is 0 Å². The van der Waals surface area contributed by atoms with Gasteiger partial charge in [0.1, 0.15) is 10.8 Å². The van der Waals surface area contributed by atoms with Crippen LogP contribution in [0.1, 0.15) is 5.82 Å². The molecule has 0 fully saturated rings. The van der Waals surface area contributed by atoms with E-state index in [1.165, 1.54) is 11.3 Å². The molecule has 2 heterocycles. The first kappa shape index (κ1) is 7.30. The van der Waals surface area contributed by atoms with E-state index in [1.807, 2.05) is 17.7 Å². The lowest BCUT2D eigenvalue weighted by molar-refractivity contribution is 0.960. The van der Waals surface area contributed by atoms with Gasteiger partial charge in [0, 0.05) is 12.4 Å². The summed E-state index contributed by atoms with van der Waals surface area (Å²) in [5.41, 5.74) is 5.56. The fourth-order valence-corrected chi connectivity index (χ4v) is 1.68. The standard InChI is InChI=1S/C7H8N4S/c1-5-9-2-3-11(5)7-10-4-6(8)12-7/h2-4H,8H2,1H3. The molecule has 0 radical (unpaired) electrons. The number of aryl methyl sites for hydroxylation is 1. The number of nitrogens with two attached hydrogens (primary N) is 1. The van der Waals surface area contributed by atoms with Crippen molar-refractivity contribution in [3.63, 3.8) is 0 Å². The van der Waals surface area contributed by atoms with Crippen LogP contribution in [-0.4, -0.2) is 14.5 Å². The number of nitrogen functional groups attached to an aromatic ring is 1. The van der Waals surface area contributed by atoms with Gasteiger partial charge in [0.15, 0.2) is 5.13 Å². The Hall–Kier alpha value is -1.36. The summed E-state index contributed by atoms with van der Waals surface area (Å²) in [5, 5.41) is 1.58. The van der Waals surface area contributed by atoms with Crippen LogP contribution in [0.3, 0.4) is 0 Å². The predicted molar refractivity (Wildman–Crippen MR) is 48.4 cm³/mol. The van der Waals surface area contributed by atoms with Gasteiger partial charge in [-0.25, -0.2) is 9.97 Å². The number of thiazole rings is 1. The minimum Gasteiger partial charge on any atom is -0.389 e. The molecule has 0 bridgehead atoms. The third-order valence-corrected chi connectivity index (χ3v) is 2.37. The van der Waals surface area contributed by atoms with E-state index >= 15 is 0 Å². The number of nitrogens with zero attached hydrogens (tertiary/aromatic N) is 3. The number of hydrogen-bond donors (Lipinski definition) is 1. The van der Waals surface area contributed by atoms with Gasteiger partial charge in [-0.05, 0) is 6.92 Å². The number of hydrogen-bond acceptors (Lipinski definition) is 4. The van der Waals surface area contributed by atoms with Crippen molar-refractivity contribution in [1.29, 1.82) is 0 Å². The number of anilines is 1. The maximum Gasteiger partial charge on any atom is 0.196 e. The Morgan fingerprint density at radius 3 is 2.83 bits per heavy atom. The summed E-state index contributed by atoms with van der Waals surface area (Å²) in [7, 11) is 0. The van der Waals surface area contributed by atoms with Gasteiger partial charge in [-0.2, -0.15) is 0 Å². The van der Waals surface area contributed by atoms with E-state index in [9.17, 15) is 0 Å². The minimum atomic E-state index is 0.720. The second-order valence-corrected chi connectivity index (χ2v) is 3.43. The van der Waals surface area contributed by atoms with Crippen molar-refractivity contribution in [2.45, 2.75) is 6.92 Å². The molecule has 0 aliphatic heterocycles. The molecule has 2 aromatic rings. The molecular weight excluding hydrogens is 172 g/mol. The van der Waals surface area contributed by atoms with Crippen LogP contribution in [0, 0.1) is 6.92 Å². The van der Waals surface area contributed by atoms with Crippen LogP contribution in [0.5, 0.6) is 0 Å². The fourth-order valence-electron chi connectivity index (χ4n) is 0.968. The first-order valence-corrected chi connectivity index (χ1v) is 4.30. The molecule has 12 heavy (non-hydrogen) atoms. The van der Waals surface area contributed by atoms with Crippen molar-refractivity contribution < 1.29 is 0 Å². The number of imidazole rings is 1. The summed E-state index contributed by atoms with van der Waals surface area (Å²) in [4.78, 5) is 8.23. The average molecular weight is 180 g/mol. The SMILES string of the molecule is Cc1nccn1-c1ncc(N)s1. The molecule has 4 nitrogen and oxygen atoms in total. The lowest BCUT2D eigenvalue weighted by atomic mass is 10.7. The lowest BCUT2D eigenvalue weighted by Crippen LogP contribution is -1.93. The van der Waals surface area contributed by atoms with Gasteiger partial charge in [0.25, 0.3) is 0 Å². The summed E-state index contributed by atoms with van der Waals surface area (Å²) in [6, 6.07) is 0. The van der Waals surface area contributed by atoms with Crippen molar-refractivity contribution in [2.75, 3.05) is 5.73 Å². The van der Waals surface area contributed by atoms with E-state index in [4.69, 9.17) is 5.73 Å². The molecule has 0 aliphatic carbocycles. The van der Waals surface area contributed by atoms with E-state index in [0.29, 0.717) is 0 Å². The normalized spacial score (nSPS) is 10.4. The van der Waals surface area contributed by atoms with Crippen LogP contribution in [-0.2, 0) is 0 Å². The van der Waals surface area contributed by atoms with E-state index < -0.39 is 0 Å². The smallest absolute Gasteiger partial charge is 0.196 e. The van der Waals surface area contributed by atoms with Gasteiger partial charge in [0.05, 0.1) is 6.20 Å². The monoisotopic (exact) mass is 180 g/mol. The molecule has 0 spiro atoms. The Kier molecular flexibility index (Phi) is 1.58. The Morgan fingerprint density at radius 2 is 2.33 bits per heavy atom. The molecule has 0 aromatic carbocycles. The Morgan fingerprint density at radius 1 is 1.50 bits per heavy atom. The second-order valence-electron chi connectivity index (χ2n) is 2.39. The summed E-state index contributed by atoms with van der Waals surface area (Å²) < 4.78 is 1.90. The van der Waals surface area contributed by atoms with Gasteiger partial charge >= 0.3 is 0 Å². The average Bonchev–Trinajstić information content (AvgIpc) is 2.58. The zero-order valence-corrected chi connectivity index (χ0v) is 7.38. The van der Waals surface area contributed by atoms with E-state index in [0.717, 1.165) is 16.0 Å². The quantitative estimate of drug-likeness (QED) is 0.717. The largest absolute Gasteiger partial charge is 0.389 e. The van der Waals surface area contributed by atoms with Crippen molar-refractivity contribution in [3.05, 3.63) is 24.4 Å². The molecule has 0 aliphatic rings. The van der Waals surface area contributed by atoms with Gasteiger partial charge < -0.3 is 5.73 Å². The highest BCUT2D eigenvalue weighted by Crippen LogP contribution is 2.19. The summed E-state index contributed by atoms with van der Waals surface area (Å²) in [6.45, 7) is 1.93. The molecule has 2 aromatic heterocycles. The zero-order valence-electron chi connectivity index (χ0n) is 6.56. The molecule has 2 N–H and O–H groups in total. The zero-order chi connectivity index (χ0) is 8.55. The van der Waals surface area contributed by atoms with Crippen LogP contribution < -0.4 is 5.73 Å². The molecule has 0 amide bonds. The second kappa shape index (κ2) is 2.60. The first-order valence-electron chi connectivity index (χ1n) is 3.49. The Labute approximate surface area is 73.7 Å². The van der Waals surface area contributed by atoms with E-state index in [2.05, 4.69) is 9.97 Å². The molecule has 0 saturated carbocycles. The van der Waals surface area contributed by atoms with E-state index in [1.54, 1.807) is 12.4 Å². The van der Waals surface area contributed by atoms with Crippen LogP contribution >= 0.6 is 11.3 Å². The number of aromatic nitrogens is 3. The third-order valence-electron chi connectivity index (χ3n) is 1.54. The minimum absolute atomic E-state index is 0.720. The highest BCUT2D eigenvalue weighted by molar-refractivity contribution is 7.17. The van der Waals surface area contributed by atoms with Gasteiger partial charge in [-0.3, -0.25) is 4.57 Å². The van der Waals surface area contributed by atoms with Crippen molar-refractivity contribution in [1.82, 2.24) is 14.5 Å². The highest BCUT2D eigenvalue weighted by atomic mass is 32.1. The highest BCUT2D eigenvalue weighted by Gasteiger charge is 2.03. The van der Waals surface area contributed by atoms with Crippen LogP contribution in [0.4, 0.5) is 5.00 Å². The summed E-state index contributed by atoms with van der Waals surface area (Å²) >= 11 is 1.45. The summed E-state index contributed by atoms with van der Waals surface area (Å²) in [5.74, 6) is 0.921. The Balaban J connectivity index is 2.50. The van der Waals surface area contributed by atoms with Crippen molar-refractivity contribution in [2.24, 2.45) is 0 Å². The van der Waals surface area contributed by atoms with Gasteiger partial charge in [-0.15, -0.1) is 0 Å². The first-order chi connectivity index (χ1) is 5.77. The van der Waals surface area contributed by atoms with Crippen molar-refractivity contribution >= 4 is 16.3 Å². The Bertz CT molecular complexity index is 390. The third kappa shape index (κ3) is 1.08. The fraction of sp³-hybridized carbons (Fsp3) is 0.143. The predicted octanol–water partition coefficient (Wildman–Crippen LogP) is 1.22. The molecule has 5 heteroatoms. The molecule has 2 rings (SSSR count). The van der Waals surface area contributed by atoms with Crippen LogP contribution in [0.2, 0.25) is 0 Å². The van der Waals surface area contributed by atoms with E-state index in [-0.39, 0.29) is 0 Å². The summed E-state index contributed by atoms with van der Waals surface area (Å²) in [6.07, 6.45) is 5.26. The van der Waals surface area contributed by atoms with Crippen LogP contribution in [0.25, 0.3) is 5.13 Å². The molecule has 0 unspecified atom stereocenters. The molecule has 0 atom stereocenters. The molecule has 0 saturated heterocycles. The van der Waals surface area contributed by atoms with Gasteiger partial charge in [-0.1, -0.05) is 11.3 Å². The van der Waals surface area contributed by atoms with Crippen molar-refractivity contribution in [3.8, 4) is 5.13 Å².